The molecule has 1 aliphatic heterocycles. The number of hydrogen-bond donors (Lipinski definition) is 1. The number of carbonyl (C=O) groups excluding carboxylic acids is 2. The SMILES string of the molecule is CC1(C)CN(C(=O)C2(C(N)=O)CC2)CC1c1ccccc1. The van der Waals surface area contributed by atoms with E-state index in [4.69, 9.17) is 5.73 Å². The van der Waals surface area contributed by atoms with Crippen molar-refractivity contribution in [1.82, 2.24) is 4.90 Å². The average molecular weight is 286 g/mol. The molecule has 112 valence electrons. The van der Waals surface area contributed by atoms with Crippen molar-refractivity contribution in [3.05, 3.63) is 35.9 Å². The maximum atomic E-state index is 12.7. The number of nitrogens with two attached hydrogens (primary N) is 1. The van der Waals surface area contributed by atoms with E-state index in [1.165, 1.54) is 5.56 Å². The van der Waals surface area contributed by atoms with Crippen molar-refractivity contribution in [2.45, 2.75) is 32.6 Å². The van der Waals surface area contributed by atoms with Gasteiger partial charge in [-0.2, -0.15) is 0 Å². The molecule has 1 aromatic carbocycles. The number of carbonyl (C=O) groups is 2. The van der Waals surface area contributed by atoms with Crippen LogP contribution < -0.4 is 5.73 Å². The molecule has 0 bridgehead atoms. The summed E-state index contributed by atoms with van der Waals surface area (Å²) < 4.78 is 0. The van der Waals surface area contributed by atoms with Crippen molar-refractivity contribution in [3.63, 3.8) is 0 Å². The van der Waals surface area contributed by atoms with E-state index in [9.17, 15) is 9.59 Å². The third kappa shape index (κ3) is 2.23. The Bertz CT molecular complexity index is 576. The summed E-state index contributed by atoms with van der Waals surface area (Å²) in [5, 5.41) is 0. The van der Waals surface area contributed by atoms with Crippen LogP contribution in [0.3, 0.4) is 0 Å². The van der Waals surface area contributed by atoms with Crippen LogP contribution >= 0.6 is 0 Å². The highest BCUT2D eigenvalue weighted by Gasteiger charge is 2.58. The normalized spacial score (nSPS) is 25.6. The smallest absolute Gasteiger partial charge is 0.238 e. The minimum absolute atomic E-state index is 0.00470. The van der Waals surface area contributed by atoms with Gasteiger partial charge in [0.05, 0.1) is 0 Å². The molecule has 0 radical (unpaired) electrons. The fraction of sp³-hybridized carbons (Fsp3) is 0.529. The van der Waals surface area contributed by atoms with Crippen LogP contribution in [0.4, 0.5) is 0 Å². The zero-order valence-electron chi connectivity index (χ0n) is 12.6. The van der Waals surface area contributed by atoms with E-state index in [1.807, 2.05) is 23.1 Å². The average Bonchev–Trinajstić information content (AvgIpc) is 3.19. The molecule has 1 saturated heterocycles. The highest BCUT2D eigenvalue weighted by molar-refractivity contribution is 6.07. The largest absolute Gasteiger partial charge is 0.369 e. The van der Waals surface area contributed by atoms with Crippen LogP contribution in [-0.2, 0) is 9.59 Å². The molecule has 2 N–H and O–H groups in total. The molecule has 4 nitrogen and oxygen atoms in total. The molecule has 4 heteroatoms. The summed E-state index contributed by atoms with van der Waals surface area (Å²) in [5.41, 5.74) is 5.78. The minimum Gasteiger partial charge on any atom is -0.369 e. The molecule has 1 atom stereocenters. The first-order valence-corrected chi connectivity index (χ1v) is 7.51. The standard InChI is InChI=1S/C17H22N2O2/c1-16(2)11-19(15(21)17(8-9-17)14(18)20)10-13(16)12-6-4-3-5-7-12/h3-7,13H,8-11H2,1-2H3,(H2,18,20). The first kappa shape index (κ1) is 14.1. The van der Waals surface area contributed by atoms with Crippen molar-refractivity contribution in [3.8, 4) is 0 Å². The van der Waals surface area contributed by atoms with Crippen LogP contribution in [0.25, 0.3) is 0 Å². The number of nitrogens with zero attached hydrogens (tertiary/aromatic N) is 1. The highest BCUT2D eigenvalue weighted by Crippen LogP contribution is 2.50. The molecule has 1 saturated carbocycles. The van der Waals surface area contributed by atoms with Crippen LogP contribution in [0.1, 0.15) is 38.2 Å². The molecule has 2 amide bonds. The molecule has 2 fully saturated rings. The van der Waals surface area contributed by atoms with Crippen LogP contribution in [0.2, 0.25) is 0 Å². The van der Waals surface area contributed by atoms with E-state index in [1.54, 1.807) is 0 Å². The molecule has 0 aromatic heterocycles. The lowest BCUT2D eigenvalue weighted by atomic mass is 9.78. The Morgan fingerprint density at radius 2 is 1.81 bits per heavy atom. The highest BCUT2D eigenvalue weighted by atomic mass is 16.2. The Labute approximate surface area is 125 Å². The minimum atomic E-state index is -0.901. The van der Waals surface area contributed by atoms with Gasteiger partial charge in [0, 0.05) is 19.0 Å². The maximum absolute atomic E-state index is 12.7. The zero-order chi connectivity index (χ0) is 15.3. The molecular weight excluding hydrogens is 264 g/mol. The Balaban J connectivity index is 1.83. The first-order chi connectivity index (χ1) is 9.87. The van der Waals surface area contributed by atoms with Gasteiger partial charge in [-0.05, 0) is 23.8 Å². The number of benzene rings is 1. The second-order valence-corrected chi connectivity index (χ2v) is 7.08. The quantitative estimate of drug-likeness (QED) is 0.863. The number of rotatable bonds is 3. The lowest BCUT2D eigenvalue weighted by molar-refractivity contribution is -0.142. The molecule has 1 aliphatic carbocycles. The van der Waals surface area contributed by atoms with Crippen LogP contribution in [0.5, 0.6) is 0 Å². The molecule has 1 aromatic rings. The number of amides is 2. The Morgan fingerprint density at radius 3 is 2.33 bits per heavy atom. The van der Waals surface area contributed by atoms with Crippen molar-refractivity contribution in [1.29, 1.82) is 0 Å². The molecule has 3 rings (SSSR count). The first-order valence-electron chi connectivity index (χ1n) is 7.51. The predicted octanol–water partition coefficient (Wildman–Crippen LogP) is 1.90. The summed E-state index contributed by atoms with van der Waals surface area (Å²) in [6, 6.07) is 10.3. The molecule has 2 aliphatic rings. The molecule has 0 spiro atoms. The number of primary amides is 1. The molecule has 21 heavy (non-hydrogen) atoms. The van der Waals surface area contributed by atoms with Crippen molar-refractivity contribution >= 4 is 11.8 Å². The second kappa shape index (κ2) is 4.58. The third-order valence-electron chi connectivity index (χ3n) is 5.06. The van der Waals surface area contributed by atoms with Gasteiger partial charge in [-0.1, -0.05) is 44.2 Å². The van der Waals surface area contributed by atoms with Crippen LogP contribution in [-0.4, -0.2) is 29.8 Å². The Kier molecular flexibility index (Phi) is 3.08. The van der Waals surface area contributed by atoms with Crippen molar-refractivity contribution < 1.29 is 9.59 Å². The van der Waals surface area contributed by atoms with Gasteiger partial charge in [-0.25, -0.2) is 0 Å². The summed E-state index contributed by atoms with van der Waals surface area (Å²) in [7, 11) is 0. The van der Waals surface area contributed by atoms with Gasteiger partial charge in [-0.15, -0.1) is 0 Å². The monoisotopic (exact) mass is 286 g/mol. The number of likely N-dealkylation sites (tertiary alicyclic amines) is 1. The molecule has 1 heterocycles. The lowest BCUT2D eigenvalue weighted by Crippen LogP contribution is -2.42. The maximum Gasteiger partial charge on any atom is 0.238 e. The van der Waals surface area contributed by atoms with E-state index in [2.05, 4.69) is 26.0 Å². The molecular formula is C17H22N2O2. The van der Waals surface area contributed by atoms with Gasteiger partial charge in [0.2, 0.25) is 11.8 Å². The van der Waals surface area contributed by atoms with E-state index >= 15 is 0 Å². The fourth-order valence-corrected chi connectivity index (χ4v) is 3.52. The number of hydrogen-bond acceptors (Lipinski definition) is 2. The topological polar surface area (TPSA) is 63.4 Å². The van der Waals surface area contributed by atoms with Gasteiger partial charge in [0.25, 0.3) is 0 Å². The fourth-order valence-electron chi connectivity index (χ4n) is 3.52. The summed E-state index contributed by atoms with van der Waals surface area (Å²) >= 11 is 0. The Morgan fingerprint density at radius 1 is 1.19 bits per heavy atom. The Hall–Kier alpha value is -1.84. The van der Waals surface area contributed by atoms with E-state index in [0.717, 1.165) is 0 Å². The van der Waals surface area contributed by atoms with E-state index in [0.29, 0.717) is 31.8 Å². The summed E-state index contributed by atoms with van der Waals surface area (Å²) in [6.45, 7) is 5.72. The van der Waals surface area contributed by atoms with Gasteiger partial charge in [0.1, 0.15) is 5.41 Å². The van der Waals surface area contributed by atoms with Crippen molar-refractivity contribution in [2.24, 2.45) is 16.6 Å². The zero-order valence-corrected chi connectivity index (χ0v) is 12.6. The lowest BCUT2D eigenvalue weighted by Gasteiger charge is -2.25. The van der Waals surface area contributed by atoms with E-state index < -0.39 is 11.3 Å². The summed E-state index contributed by atoms with van der Waals surface area (Å²) in [6.07, 6.45) is 1.21. The summed E-state index contributed by atoms with van der Waals surface area (Å²) in [4.78, 5) is 26.1. The van der Waals surface area contributed by atoms with Gasteiger partial charge in [-0.3, -0.25) is 9.59 Å². The van der Waals surface area contributed by atoms with Crippen LogP contribution in [0.15, 0.2) is 30.3 Å². The molecule has 1 unspecified atom stereocenters. The van der Waals surface area contributed by atoms with Crippen molar-refractivity contribution in [2.75, 3.05) is 13.1 Å². The van der Waals surface area contributed by atoms with Gasteiger partial charge >= 0.3 is 0 Å². The second-order valence-electron chi connectivity index (χ2n) is 7.08. The third-order valence-corrected chi connectivity index (χ3v) is 5.06. The van der Waals surface area contributed by atoms with Crippen LogP contribution in [0, 0.1) is 10.8 Å². The van der Waals surface area contributed by atoms with E-state index in [-0.39, 0.29) is 11.3 Å². The predicted molar refractivity (Wildman–Crippen MR) is 80.4 cm³/mol. The van der Waals surface area contributed by atoms with Gasteiger partial charge < -0.3 is 10.6 Å². The van der Waals surface area contributed by atoms with Gasteiger partial charge in [0.15, 0.2) is 0 Å². The summed E-state index contributed by atoms with van der Waals surface area (Å²) in [5.74, 6) is -0.235.